The fraction of sp³-hybridized carbons (Fsp3) is 1.00. The number of hydrogen-bond acceptors (Lipinski definition) is 5. The Kier molecular flexibility index (Phi) is 3.72. The van der Waals surface area contributed by atoms with E-state index in [1.54, 1.807) is 6.92 Å². The quantitative estimate of drug-likeness (QED) is 0.526. The Bertz CT molecular complexity index is 303. The van der Waals surface area contributed by atoms with Crippen molar-refractivity contribution in [2.75, 3.05) is 32.1 Å². The second-order valence-corrected chi connectivity index (χ2v) is 6.05. The summed E-state index contributed by atoms with van der Waals surface area (Å²) >= 11 is 0. The third-order valence-electron chi connectivity index (χ3n) is 2.72. The van der Waals surface area contributed by atoms with Crippen LogP contribution in [0.4, 0.5) is 0 Å². The van der Waals surface area contributed by atoms with E-state index in [0.717, 1.165) is 4.31 Å². The molecule has 6 nitrogen and oxygen atoms in total. The normalized spacial score (nSPS) is 27.1. The largest absolute Gasteiger partial charge is 0.394 e. The maximum absolute atomic E-state index is 11.7. The topological polar surface area (TPSA) is 98.1 Å². The smallest absolute Gasteiger partial charge is 0.215 e. The van der Waals surface area contributed by atoms with E-state index in [0.29, 0.717) is 0 Å². The van der Waals surface area contributed by atoms with E-state index in [4.69, 9.17) is 15.3 Å². The van der Waals surface area contributed by atoms with Gasteiger partial charge in [-0.05, 0) is 5.92 Å². The summed E-state index contributed by atoms with van der Waals surface area (Å²) in [6, 6.07) is 0. The lowest BCUT2D eigenvalue weighted by Gasteiger charge is -2.35. The number of aliphatic hydroxyl groups excluding tert-OH is 3. The van der Waals surface area contributed by atoms with Gasteiger partial charge < -0.3 is 15.3 Å². The van der Waals surface area contributed by atoms with Gasteiger partial charge in [0.15, 0.2) is 0 Å². The van der Waals surface area contributed by atoms with E-state index >= 15 is 0 Å². The molecule has 1 aliphatic heterocycles. The van der Waals surface area contributed by atoms with Crippen molar-refractivity contribution in [1.82, 2.24) is 4.31 Å². The lowest BCUT2D eigenvalue weighted by molar-refractivity contribution is -0.00513. The van der Waals surface area contributed by atoms with Crippen molar-refractivity contribution in [1.29, 1.82) is 0 Å². The molecule has 0 amide bonds. The third-order valence-corrected chi connectivity index (χ3v) is 4.92. The van der Waals surface area contributed by atoms with Gasteiger partial charge in [0.25, 0.3) is 0 Å². The molecule has 1 aliphatic rings. The molecule has 0 saturated carbocycles. The van der Waals surface area contributed by atoms with Gasteiger partial charge in [-0.2, -0.15) is 4.31 Å². The zero-order valence-electron chi connectivity index (χ0n) is 8.63. The Morgan fingerprint density at radius 2 is 1.73 bits per heavy atom. The van der Waals surface area contributed by atoms with Gasteiger partial charge in [0, 0.05) is 6.54 Å². The number of nitrogens with zero attached hydrogens (tertiary/aromatic N) is 1. The third kappa shape index (κ3) is 2.16. The van der Waals surface area contributed by atoms with E-state index in [1.165, 1.54) is 0 Å². The first-order valence-electron chi connectivity index (χ1n) is 4.75. The fourth-order valence-electron chi connectivity index (χ4n) is 1.77. The van der Waals surface area contributed by atoms with Crippen molar-refractivity contribution in [2.24, 2.45) is 5.92 Å². The zero-order chi connectivity index (χ0) is 11.7. The highest BCUT2D eigenvalue weighted by Gasteiger charge is 2.47. The Hall–Kier alpha value is -0.210. The molecule has 0 aromatic carbocycles. The number of hydrogen-bond donors (Lipinski definition) is 3. The molecule has 3 N–H and O–H groups in total. The second-order valence-electron chi connectivity index (χ2n) is 4.11. The maximum atomic E-state index is 11.7. The van der Waals surface area contributed by atoms with Gasteiger partial charge in [0.2, 0.25) is 10.0 Å². The summed E-state index contributed by atoms with van der Waals surface area (Å²) < 4.78 is 24.4. The van der Waals surface area contributed by atoms with Crippen molar-refractivity contribution in [2.45, 2.75) is 12.5 Å². The minimum absolute atomic E-state index is 0.00521. The number of aliphatic hydroxyl groups is 3. The molecule has 0 bridgehead atoms. The molecule has 0 spiro atoms. The first-order valence-corrected chi connectivity index (χ1v) is 6.36. The van der Waals surface area contributed by atoms with Gasteiger partial charge >= 0.3 is 0 Å². The predicted molar refractivity (Wildman–Crippen MR) is 53.6 cm³/mol. The molecule has 1 saturated heterocycles. The van der Waals surface area contributed by atoms with Crippen LogP contribution in [-0.4, -0.2) is 65.7 Å². The first-order chi connectivity index (χ1) is 6.91. The summed E-state index contributed by atoms with van der Waals surface area (Å²) in [5.74, 6) is -0.0617. The monoisotopic (exact) mass is 239 g/mol. The van der Waals surface area contributed by atoms with E-state index in [1.807, 2.05) is 0 Å². The molecule has 7 heteroatoms. The van der Waals surface area contributed by atoms with Crippen molar-refractivity contribution in [3.8, 4) is 0 Å². The van der Waals surface area contributed by atoms with Gasteiger partial charge in [-0.1, -0.05) is 6.92 Å². The summed E-state index contributed by atoms with van der Waals surface area (Å²) in [4.78, 5) is 0. The molecule has 15 heavy (non-hydrogen) atoms. The van der Waals surface area contributed by atoms with E-state index < -0.39 is 35.4 Å². The standard InChI is InChI=1S/C8H17NO5S/c1-7-2-9(15(13,14)3-7)8(4-10,5-11)6-12/h7,10-12H,2-6H2,1H3. The van der Waals surface area contributed by atoms with Crippen molar-refractivity contribution in [3.05, 3.63) is 0 Å². The minimum Gasteiger partial charge on any atom is -0.394 e. The molecular weight excluding hydrogens is 222 g/mol. The molecule has 1 rings (SSSR count). The first kappa shape index (κ1) is 12.9. The van der Waals surface area contributed by atoms with Gasteiger partial charge in [0.1, 0.15) is 5.54 Å². The molecule has 1 heterocycles. The highest BCUT2D eigenvalue weighted by atomic mass is 32.2. The van der Waals surface area contributed by atoms with Crippen LogP contribution in [0.25, 0.3) is 0 Å². The summed E-state index contributed by atoms with van der Waals surface area (Å²) in [6.07, 6.45) is 0. The lowest BCUT2D eigenvalue weighted by atomic mass is 10.0. The minimum atomic E-state index is -3.48. The van der Waals surface area contributed by atoms with E-state index in [2.05, 4.69) is 0 Å². The zero-order valence-corrected chi connectivity index (χ0v) is 9.44. The molecule has 1 unspecified atom stereocenters. The van der Waals surface area contributed by atoms with E-state index in [9.17, 15) is 8.42 Å². The fourth-order valence-corrected chi connectivity index (χ4v) is 4.02. The van der Waals surface area contributed by atoms with Crippen LogP contribution >= 0.6 is 0 Å². The summed E-state index contributed by atoms with van der Waals surface area (Å²) in [7, 11) is -3.48. The number of sulfonamides is 1. The second kappa shape index (κ2) is 4.34. The maximum Gasteiger partial charge on any atom is 0.215 e. The van der Waals surface area contributed by atoms with Gasteiger partial charge in [-0.3, -0.25) is 0 Å². The SMILES string of the molecule is CC1CN(C(CO)(CO)CO)S(=O)(=O)C1. The molecule has 0 aliphatic carbocycles. The summed E-state index contributed by atoms with van der Waals surface area (Å²) in [6.45, 7) is 0.225. The molecule has 0 radical (unpaired) electrons. The van der Waals surface area contributed by atoms with Crippen LogP contribution in [0.3, 0.4) is 0 Å². The molecule has 1 fully saturated rings. The van der Waals surface area contributed by atoms with Crippen LogP contribution < -0.4 is 0 Å². The van der Waals surface area contributed by atoms with Crippen molar-refractivity contribution < 1.29 is 23.7 Å². The van der Waals surface area contributed by atoms with Crippen LogP contribution in [-0.2, 0) is 10.0 Å². The van der Waals surface area contributed by atoms with Gasteiger partial charge in [-0.25, -0.2) is 8.42 Å². The van der Waals surface area contributed by atoms with Crippen LogP contribution in [0.15, 0.2) is 0 Å². The van der Waals surface area contributed by atoms with Crippen LogP contribution in [0.1, 0.15) is 6.92 Å². The predicted octanol–water partition coefficient (Wildman–Crippen LogP) is -2.02. The Labute approximate surface area is 89.2 Å². The van der Waals surface area contributed by atoms with Crippen LogP contribution in [0.2, 0.25) is 0 Å². The Morgan fingerprint density at radius 3 is 2.00 bits per heavy atom. The van der Waals surface area contributed by atoms with Gasteiger partial charge in [0.05, 0.1) is 25.6 Å². The molecular formula is C8H17NO5S. The lowest BCUT2D eigenvalue weighted by Crippen LogP contribution is -2.57. The number of rotatable bonds is 4. The Morgan fingerprint density at radius 1 is 1.27 bits per heavy atom. The van der Waals surface area contributed by atoms with Crippen LogP contribution in [0, 0.1) is 5.92 Å². The van der Waals surface area contributed by atoms with Gasteiger partial charge in [-0.15, -0.1) is 0 Å². The van der Waals surface area contributed by atoms with Crippen molar-refractivity contribution >= 4 is 10.0 Å². The highest BCUT2D eigenvalue weighted by Crippen LogP contribution is 2.27. The average Bonchev–Trinajstić information content (AvgIpc) is 2.45. The van der Waals surface area contributed by atoms with E-state index in [-0.39, 0.29) is 18.2 Å². The molecule has 0 aromatic rings. The highest BCUT2D eigenvalue weighted by molar-refractivity contribution is 7.89. The molecule has 1 atom stereocenters. The Balaban J connectivity index is 3.04. The van der Waals surface area contributed by atoms with Crippen LogP contribution in [0.5, 0.6) is 0 Å². The summed E-state index contributed by atoms with van der Waals surface area (Å²) in [5, 5.41) is 27.4. The average molecular weight is 239 g/mol. The molecule has 90 valence electrons. The summed E-state index contributed by atoms with van der Waals surface area (Å²) in [5.41, 5.74) is -1.47. The molecule has 0 aromatic heterocycles. The van der Waals surface area contributed by atoms with Crippen molar-refractivity contribution in [3.63, 3.8) is 0 Å².